The molecule has 0 saturated carbocycles. The van der Waals surface area contributed by atoms with Gasteiger partial charge in [-0.2, -0.15) is 0 Å². The van der Waals surface area contributed by atoms with Gasteiger partial charge in [0.2, 0.25) is 0 Å². The van der Waals surface area contributed by atoms with Gasteiger partial charge in [0.15, 0.2) is 0 Å². The van der Waals surface area contributed by atoms with Crippen LogP contribution < -0.4 is 26.2 Å². The van der Waals surface area contributed by atoms with Crippen LogP contribution in [-0.2, 0) is 17.3 Å². The number of hydrogen-bond donors (Lipinski definition) is 0. The van der Waals surface area contributed by atoms with Crippen molar-refractivity contribution in [1.29, 1.82) is 0 Å². The van der Waals surface area contributed by atoms with Gasteiger partial charge in [-0.25, -0.2) is 0 Å². The Labute approximate surface area is 436 Å². The predicted octanol–water partition coefficient (Wildman–Crippen LogP) is 16.1. The summed E-state index contributed by atoms with van der Waals surface area (Å²) in [5, 5.41) is 2.52. The van der Waals surface area contributed by atoms with Crippen molar-refractivity contribution in [1.82, 2.24) is 9.13 Å². The van der Waals surface area contributed by atoms with E-state index in [-0.39, 0.29) is 71.3 Å². The highest BCUT2D eigenvalue weighted by molar-refractivity contribution is 7.00. The molecule has 0 fully saturated rings. The van der Waals surface area contributed by atoms with E-state index < -0.39 is 0 Å². The summed E-state index contributed by atoms with van der Waals surface area (Å²) < 4.78 is 77.4. The topological polar surface area (TPSA) is 16.3 Å². The lowest BCUT2D eigenvalue weighted by molar-refractivity contribution is 0.411. The van der Waals surface area contributed by atoms with Crippen LogP contribution in [0.15, 0.2) is 194 Å². The molecule has 9 aromatic carbocycles. The van der Waals surface area contributed by atoms with Gasteiger partial charge in [-0.15, -0.1) is 0 Å². The Morgan fingerprint density at radius 3 is 1.25 bits per heavy atom. The fraction of sp³-hybridized carbons (Fsp3) is 0.194. The molecule has 2 aliphatic rings. The van der Waals surface area contributed by atoms with Crippen molar-refractivity contribution in [2.75, 3.05) is 9.80 Å². The molecule has 0 spiro atoms. The zero-order valence-electron chi connectivity index (χ0n) is 50.4. The molecule has 0 N–H and O–H groups in total. The van der Waals surface area contributed by atoms with Crippen molar-refractivity contribution in [2.24, 2.45) is 5.41 Å². The van der Waals surface area contributed by atoms with E-state index in [0.717, 1.165) is 107 Å². The quantitative estimate of drug-likeness (QED) is 0.160. The lowest BCUT2D eigenvalue weighted by atomic mass is 9.33. The second-order valence-electron chi connectivity index (χ2n) is 23.1. The Hall–Kier alpha value is -7.76. The van der Waals surface area contributed by atoms with Gasteiger partial charge in [-0.3, -0.25) is 0 Å². The third kappa shape index (κ3) is 6.95. The summed E-state index contributed by atoms with van der Waals surface area (Å²) >= 11 is 0. The third-order valence-electron chi connectivity index (χ3n) is 14.9. The van der Waals surface area contributed by atoms with Crippen molar-refractivity contribution in [3.05, 3.63) is 211 Å². The summed E-state index contributed by atoms with van der Waals surface area (Å²) in [5.74, 6) is 0. The number of benzene rings is 9. The third-order valence-corrected chi connectivity index (χ3v) is 14.9. The maximum Gasteiger partial charge on any atom is 0.252 e. The van der Waals surface area contributed by atoms with Crippen LogP contribution in [-0.4, -0.2) is 15.8 Å². The molecule has 4 nitrogen and oxygen atoms in total. The molecular weight excluding hydrogens is 872 g/mol. The molecule has 0 unspecified atom stereocenters. The van der Waals surface area contributed by atoms with Crippen molar-refractivity contribution < 1.29 is 11.0 Å². The minimum absolute atomic E-state index is 0.0652. The lowest BCUT2D eigenvalue weighted by Gasteiger charge is -2.45. The molecule has 5 heteroatoms. The van der Waals surface area contributed by atoms with Gasteiger partial charge >= 0.3 is 0 Å². The summed E-state index contributed by atoms with van der Waals surface area (Å²) in [6, 6.07) is 49.8. The van der Waals surface area contributed by atoms with Crippen LogP contribution in [0.25, 0.3) is 55.0 Å². The van der Waals surface area contributed by atoms with E-state index in [2.05, 4.69) is 206 Å². The Kier molecular flexibility index (Phi) is 7.98. The molecule has 72 heavy (non-hydrogen) atoms. The number of aromatic nitrogens is 2. The molecule has 0 bridgehead atoms. The summed E-state index contributed by atoms with van der Waals surface area (Å²) in [6.45, 7) is 19.4. The van der Waals surface area contributed by atoms with Crippen LogP contribution in [0, 0.1) is 5.41 Å². The number of fused-ring (bicyclic) bond motifs is 10. The van der Waals surface area contributed by atoms with E-state index in [1.165, 1.54) is 0 Å². The Bertz CT molecular complexity index is 4180. The molecule has 13 rings (SSSR count). The molecule has 11 aromatic rings. The first-order valence-corrected chi connectivity index (χ1v) is 25.2. The molecule has 0 saturated heterocycles. The minimum Gasteiger partial charge on any atom is -0.311 e. The Morgan fingerprint density at radius 2 is 0.833 bits per heavy atom. The van der Waals surface area contributed by atoms with E-state index >= 15 is 0 Å². The van der Waals surface area contributed by atoms with E-state index in [1.807, 2.05) is 21.3 Å². The van der Waals surface area contributed by atoms with Gasteiger partial charge in [0.05, 0.1) is 33.0 Å². The summed E-state index contributed by atoms with van der Waals surface area (Å²) in [7, 11) is 0. The predicted molar refractivity (Wildman–Crippen MR) is 310 cm³/mol. The summed E-state index contributed by atoms with van der Waals surface area (Å²) in [5.41, 5.74) is 15.8. The van der Waals surface area contributed by atoms with Gasteiger partial charge in [-0.05, 0) is 153 Å². The molecule has 0 radical (unpaired) electrons. The average Bonchev–Trinajstić information content (AvgIpc) is 3.96. The maximum atomic E-state index is 9.51. The first-order valence-electron chi connectivity index (χ1n) is 29.2. The number of anilines is 6. The Balaban J connectivity index is 1.14. The molecule has 0 atom stereocenters. The number of nitrogens with zero attached hydrogens (tertiary/aromatic N) is 4. The van der Waals surface area contributed by atoms with E-state index in [0.29, 0.717) is 21.8 Å². The van der Waals surface area contributed by atoms with Crippen molar-refractivity contribution in [3.8, 4) is 11.4 Å². The fourth-order valence-electron chi connectivity index (χ4n) is 11.6. The standard InChI is InChI=1S/C67H61BN4/c1-65(2,3)42-43-36-62-64-63(37-43)70(47-22-14-11-15-23-47)61-41-49(72-57-27-19-17-25-51(57)53-39-45(67(7,8)9)29-35-59(53)72)31-33-55(61)68(64)54-32-30-48(40-60(54)69(62)46-20-12-10-13-21-46)71-56-26-18-16-24-50(56)52-38-44(66(4,5)6)28-34-58(52)71/h10-41H,42H2,1-9H3/i16D,17D,18D,19D,24D,25D,26D,27D. The second-order valence-corrected chi connectivity index (χ2v) is 23.1. The van der Waals surface area contributed by atoms with Gasteiger partial charge in [0.25, 0.3) is 6.71 Å². The first kappa shape index (κ1) is 36.2. The van der Waals surface area contributed by atoms with Crippen LogP contribution in [0.1, 0.15) is 90.0 Å². The van der Waals surface area contributed by atoms with Crippen molar-refractivity contribution in [3.63, 3.8) is 0 Å². The fourth-order valence-corrected chi connectivity index (χ4v) is 11.6. The lowest BCUT2D eigenvalue weighted by Crippen LogP contribution is -2.61. The van der Waals surface area contributed by atoms with Gasteiger partial charge in [-0.1, -0.05) is 159 Å². The Morgan fingerprint density at radius 1 is 0.403 bits per heavy atom. The van der Waals surface area contributed by atoms with Gasteiger partial charge in [0.1, 0.15) is 0 Å². The van der Waals surface area contributed by atoms with Crippen LogP contribution in [0.3, 0.4) is 0 Å². The molecule has 352 valence electrons. The SMILES string of the molecule is [2H]c1c([2H])c([2H])c2c(c1[2H])c1cc(C(C)(C)C)ccc1n2-c1ccc2c(c1)N(c1ccccc1)c1cc(CC(C)(C)C)cc3c1B2c1ccc(-n2c4ccc(C(C)(C)C)cc4c4c([2H])c([2H])c([2H])c([2H])c42)cc1N3c1ccccc1. The van der Waals surface area contributed by atoms with Crippen LogP contribution >= 0.6 is 0 Å². The maximum absolute atomic E-state index is 9.51. The van der Waals surface area contributed by atoms with Crippen molar-refractivity contribution in [2.45, 2.75) is 79.6 Å². The van der Waals surface area contributed by atoms with Gasteiger partial charge in [0, 0.05) is 67.0 Å². The molecule has 0 aliphatic carbocycles. The van der Waals surface area contributed by atoms with E-state index in [9.17, 15) is 5.48 Å². The average molecular weight is 941 g/mol. The normalized spacial score (nSPS) is 15.2. The highest BCUT2D eigenvalue weighted by Crippen LogP contribution is 2.47. The van der Waals surface area contributed by atoms with Crippen LogP contribution in [0.4, 0.5) is 34.1 Å². The molecule has 2 aliphatic heterocycles. The van der Waals surface area contributed by atoms with Gasteiger partial charge < -0.3 is 18.9 Å². The molecule has 0 amide bonds. The highest BCUT2D eigenvalue weighted by Gasteiger charge is 2.44. The second kappa shape index (κ2) is 15.9. The molecular formula is C67H61BN4. The molecule has 4 heterocycles. The van der Waals surface area contributed by atoms with Crippen molar-refractivity contribution >= 4 is 101 Å². The molecule has 2 aromatic heterocycles. The first-order chi connectivity index (χ1) is 37.9. The number of hydrogen-bond acceptors (Lipinski definition) is 2. The zero-order valence-corrected chi connectivity index (χ0v) is 42.4. The largest absolute Gasteiger partial charge is 0.311 e. The zero-order chi connectivity index (χ0) is 56.4. The summed E-state index contributed by atoms with van der Waals surface area (Å²) in [6.07, 6.45) is 0.781. The van der Waals surface area contributed by atoms with E-state index in [4.69, 9.17) is 5.48 Å². The number of para-hydroxylation sites is 4. The highest BCUT2D eigenvalue weighted by atomic mass is 15.2. The smallest absolute Gasteiger partial charge is 0.252 e. The monoisotopic (exact) mass is 941 g/mol. The minimum atomic E-state index is -0.300. The van der Waals surface area contributed by atoms with Crippen LogP contribution in [0.5, 0.6) is 0 Å². The van der Waals surface area contributed by atoms with E-state index in [1.54, 1.807) is 0 Å². The number of rotatable bonds is 5. The van der Waals surface area contributed by atoms with Crippen LogP contribution in [0.2, 0.25) is 0 Å². The summed E-state index contributed by atoms with van der Waals surface area (Å²) in [4.78, 5) is 4.75.